The van der Waals surface area contributed by atoms with Crippen LogP contribution >= 0.6 is 34.9 Å². The van der Waals surface area contributed by atoms with E-state index in [4.69, 9.17) is 0 Å². The summed E-state index contributed by atoms with van der Waals surface area (Å²) in [5.41, 5.74) is 1.93. The van der Waals surface area contributed by atoms with Crippen molar-refractivity contribution in [3.8, 4) is 0 Å². The van der Waals surface area contributed by atoms with Gasteiger partial charge in [0, 0.05) is 21.3 Å². The van der Waals surface area contributed by atoms with Crippen LogP contribution in [0.25, 0.3) is 0 Å². The number of carbonyl (C=O) groups is 3. The smallest absolute Gasteiger partial charge is 0.352 e. The first kappa shape index (κ1) is 21.0. The minimum absolute atomic E-state index is 0.0635. The molecule has 1 saturated heterocycles. The van der Waals surface area contributed by atoms with E-state index in [9.17, 15) is 19.5 Å². The number of fused-ring (bicyclic) bond motifs is 1. The molecule has 2 amide bonds. The number of aliphatic carboxylic acids is 1. The molecule has 1 fully saturated rings. The summed E-state index contributed by atoms with van der Waals surface area (Å²) in [6, 6.07) is 11.0. The first-order valence-electron chi connectivity index (χ1n) is 9.36. The monoisotopic (exact) mass is 460 g/mol. The molecular formula is C21H20N2O4S3. The van der Waals surface area contributed by atoms with Gasteiger partial charge >= 0.3 is 5.97 Å². The highest BCUT2D eigenvalue weighted by atomic mass is 32.2. The SMILES string of the molecule is Cc1ccccc1SCC1=C(C(=O)O)N2C(=O)C(NC(=O)Cc3cccs3)[C@@H]2SC1. The third-order valence-corrected chi connectivity index (χ3v) is 8.45. The number of carbonyl (C=O) groups excluding carboxylic acids is 2. The number of thioether (sulfide) groups is 2. The number of nitrogens with one attached hydrogen (secondary N) is 1. The fraction of sp³-hybridized carbons (Fsp3) is 0.286. The van der Waals surface area contributed by atoms with Gasteiger partial charge in [0.1, 0.15) is 17.1 Å². The zero-order valence-corrected chi connectivity index (χ0v) is 18.6. The number of β-lactam (4-membered cyclic amide) rings is 1. The molecule has 0 bridgehead atoms. The lowest BCUT2D eigenvalue weighted by molar-refractivity contribution is -0.150. The second-order valence-corrected chi connectivity index (χ2v) is 10.2. The van der Waals surface area contributed by atoms with E-state index in [0.29, 0.717) is 11.5 Å². The average Bonchev–Trinajstić information content (AvgIpc) is 3.23. The molecule has 6 nitrogen and oxygen atoms in total. The van der Waals surface area contributed by atoms with Gasteiger partial charge in [-0.1, -0.05) is 24.3 Å². The number of carboxylic acids is 1. The van der Waals surface area contributed by atoms with E-state index >= 15 is 0 Å². The van der Waals surface area contributed by atoms with E-state index in [0.717, 1.165) is 20.9 Å². The van der Waals surface area contributed by atoms with Crippen LogP contribution in [-0.2, 0) is 20.8 Å². The molecule has 2 N–H and O–H groups in total. The van der Waals surface area contributed by atoms with E-state index in [2.05, 4.69) is 5.32 Å². The summed E-state index contributed by atoms with van der Waals surface area (Å²) in [6.07, 6.45) is 0.221. The highest BCUT2D eigenvalue weighted by Gasteiger charge is 2.54. The van der Waals surface area contributed by atoms with Crippen molar-refractivity contribution in [2.75, 3.05) is 11.5 Å². The van der Waals surface area contributed by atoms with Crippen molar-refractivity contribution >= 4 is 52.6 Å². The molecule has 0 saturated carbocycles. The molecule has 0 aliphatic carbocycles. The van der Waals surface area contributed by atoms with E-state index in [1.807, 2.05) is 48.7 Å². The maximum absolute atomic E-state index is 12.7. The van der Waals surface area contributed by atoms with Gasteiger partial charge in [-0.2, -0.15) is 0 Å². The van der Waals surface area contributed by atoms with Crippen LogP contribution < -0.4 is 5.32 Å². The largest absolute Gasteiger partial charge is 0.477 e. The Labute approximate surface area is 186 Å². The molecule has 4 rings (SSSR count). The number of rotatable bonds is 7. The maximum Gasteiger partial charge on any atom is 0.352 e. The van der Waals surface area contributed by atoms with E-state index in [1.165, 1.54) is 28.0 Å². The lowest BCUT2D eigenvalue weighted by Gasteiger charge is -2.49. The Balaban J connectivity index is 1.45. The Morgan fingerprint density at radius 3 is 2.77 bits per heavy atom. The molecule has 2 aromatic rings. The fourth-order valence-corrected chi connectivity index (χ4v) is 6.69. The maximum atomic E-state index is 12.7. The normalized spacial score (nSPS) is 20.6. The van der Waals surface area contributed by atoms with E-state index in [-0.39, 0.29) is 29.3 Å². The Hall–Kier alpha value is -2.23. The van der Waals surface area contributed by atoms with Crippen LogP contribution in [-0.4, -0.2) is 50.7 Å². The van der Waals surface area contributed by atoms with Crippen LogP contribution in [0, 0.1) is 6.92 Å². The third-order valence-electron chi connectivity index (χ3n) is 4.98. The summed E-state index contributed by atoms with van der Waals surface area (Å²) in [5, 5.41) is 14.1. The van der Waals surface area contributed by atoms with Crippen LogP contribution in [0.15, 0.2) is 57.9 Å². The molecule has 30 heavy (non-hydrogen) atoms. The molecule has 3 heterocycles. The molecule has 0 spiro atoms. The van der Waals surface area contributed by atoms with Gasteiger partial charge in [-0.15, -0.1) is 34.9 Å². The average molecular weight is 461 g/mol. The number of thiophene rings is 1. The minimum atomic E-state index is -1.10. The van der Waals surface area contributed by atoms with Gasteiger partial charge in [-0.05, 0) is 35.6 Å². The number of aryl methyl sites for hydroxylation is 1. The van der Waals surface area contributed by atoms with Crippen LogP contribution in [0.4, 0.5) is 0 Å². The number of amides is 2. The van der Waals surface area contributed by atoms with Crippen molar-refractivity contribution in [2.45, 2.75) is 29.7 Å². The van der Waals surface area contributed by atoms with Crippen LogP contribution in [0.2, 0.25) is 0 Å². The quantitative estimate of drug-likeness (QED) is 0.488. The Morgan fingerprint density at radius 1 is 1.27 bits per heavy atom. The minimum Gasteiger partial charge on any atom is -0.477 e. The fourth-order valence-electron chi connectivity index (χ4n) is 3.47. The lowest BCUT2D eigenvalue weighted by atomic mass is 10.0. The third kappa shape index (κ3) is 4.14. The predicted octanol–water partition coefficient (Wildman–Crippen LogP) is 3.13. The second-order valence-electron chi connectivity index (χ2n) is 7.02. The van der Waals surface area contributed by atoms with Crippen LogP contribution in [0.3, 0.4) is 0 Å². The Kier molecular flexibility index (Phi) is 6.21. The van der Waals surface area contributed by atoms with Crippen molar-refractivity contribution < 1.29 is 19.5 Å². The lowest BCUT2D eigenvalue weighted by Crippen LogP contribution is -2.70. The van der Waals surface area contributed by atoms with Gasteiger partial charge < -0.3 is 10.4 Å². The molecule has 2 atom stereocenters. The van der Waals surface area contributed by atoms with Crippen LogP contribution in [0.5, 0.6) is 0 Å². The zero-order valence-electron chi connectivity index (χ0n) is 16.2. The Morgan fingerprint density at radius 2 is 2.07 bits per heavy atom. The zero-order chi connectivity index (χ0) is 21.3. The van der Waals surface area contributed by atoms with Crippen molar-refractivity contribution in [3.63, 3.8) is 0 Å². The standard InChI is InChI=1S/C21H20N2O4S3/c1-12-5-2-3-7-15(12)29-10-13-11-30-20-17(19(25)23(20)18(13)21(26)27)22-16(24)9-14-6-4-8-28-14/h2-8,17,20H,9-11H2,1H3,(H,22,24)(H,26,27)/t17?,20-/m0/s1. The van der Waals surface area contributed by atoms with Gasteiger partial charge in [-0.25, -0.2) is 4.79 Å². The first-order valence-corrected chi connectivity index (χ1v) is 12.3. The molecule has 2 aliphatic rings. The Bertz CT molecular complexity index is 1020. The van der Waals surface area contributed by atoms with Gasteiger partial charge in [0.15, 0.2) is 0 Å². The van der Waals surface area contributed by atoms with Gasteiger partial charge in [0.2, 0.25) is 5.91 Å². The number of hydrogen-bond donors (Lipinski definition) is 2. The topological polar surface area (TPSA) is 86.7 Å². The van der Waals surface area contributed by atoms with Crippen molar-refractivity contribution in [3.05, 3.63) is 63.5 Å². The van der Waals surface area contributed by atoms with Gasteiger partial charge in [-0.3, -0.25) is 14.5 Å². The molecule has 2 aliphatic heterocycles. The summed E-state index contributed by atoms with van der Waals surface area (Å²) in [4.78, 5) is 40.3. The number of hydrogen-bond acceptors (Lipinski definition) is 6. The molecule has 156 valence electrons. The summed E-state index contributed by atoms with van der Waals surface area (Å²) in [5.74, 6) is -0.657. The van der Waals surface area contributed by atoms with Gasteiger partial charge in [0.25, 0.3) is 5.91 Å². The highest BCUT2D eigenvalue weighted by Crippen LogP contribution is 2.41. The summed E-state index contributed by atoms with van der Waals surface area (Å²) in [7, 11) is 0. The van der Waals surface area contributed by atoms with Crippen molar-refractivity contribution in [1.82, 2.24) is 10.2 Å². The highest BCUT2D eigenvalue weighted by molar-refractivity contribution is 8.01. The first-order chi connectivity index (χ1) is 14.5. The second kappa shape index (κ2) is 8.87. The van der Waals surface area contributed by atoms with Gasteiger partial charge in [0.05, 0.1) is 6.42 Å². The van der Waals surface area contributed by atoms with Crippen molar-refractivity contribution in [2.24, 2.45) is 0 Å². The van der Waals surface area contributed by atoms with Crippen LogP contribution in [0.1, 0.15) is 10.4 Å². The molecule has 1 aromatic heterocycles. The molecule has 9 heteroatoms. The number of benzene rings is 1. The number of nitrogens with zero attached hydrogens (tertiary/aromatic N) is 1. The van der Waals surface area contributed by atoms with E-state index < -0.39 is 12.0 Å². The summed E-state index contributed by atoms with van der Waals surface area (Å²) < 4.78 is 0. The molecule has 0 radical (unpaired) electrons. The summed E-state index contributed by atoms with van der Waals surface area (Å²) >= 11 is 4.57. The summed E-state index contributed by atoms with van der Waals surface area (Å²) in [6.45, 7) is 2.02. The number of carboxylic acid groups (broad SMARTS) is 1. The molecular weight excluding hydrogens is 440 g/mol. The predicted molar refractivity (Wildman–Crippen MR) is 120 cm³/mol. The molecule has 1 unspecified atom stereocenters. The van der Waals surface area contributed by atoms with E-state index in [1.54, 1.807) is 11.8 Å². The van der Waals surface area contributed by atoms with Crippen molar-refractivity contribution in [1.29, 1.82) is 0 Å². The molecule has 1 aromatic carbocycles.